The second-order valence-corrected chi connectivity index (χ2v) is 27.5. The van der Waals surface area contributed by atoms with Crippen molar-refractivity contribution in [3.8, 4) is 22.6 Å². The van der Waals surface area contributed by atoms with E-state index in [1.165, 1.54) is 77.7 Å². The van der Waals surface area contributed by atoms with E-state index in [1.54, 1.807) is 0 Å². The Morgan fingerprint density at radius 3 is 1.01 bits per heavy atom. The molecule has 0 unspecified atom stereocenters. The van der Waals surface area contributed by atoms with Crippen LogP contribution in [0.25, 0.3) is 11.1 Å². The fourth-order valence-corrected chi connectivity index (χ4v) is 17.3. The fourth-order valence-electron chi connectivity index (χ4n) is 17.3. The van der Waals surface area contributed by atoms with Gasteiger partial charge in [0, 0.05) is 103 Å². The third-order valence-electron chi connectivity index (χ3n) is 21.3. The normalized spacial score (nSPS) is 14.2. The van der Waals surface area contributed by atoms with E-state index in [0.29, 0.717) is 0 Å². The highest BCUT2D eigenvalue weighted by molar-refractivity contribution is 7.01. The van der Waals surface area contributed by atoms with Gasteiger partial charge in [-0.05, 0) is 175 Å². The number of ether oxygens (including phenoxy) is 1. The van der Waals surface area contributed by atoms with Gasteiger partial charge >= 0.3 is 0 Å². The van der Waals surface area contributed by atoms with Gasteiger partial charge in [-0.3, -0.25) is 0 Å². The van der Waals surface area contributed by atoms with Crippen LogP contribution < -0.4 is 62.0 Å². The summed E-state index contributed by atoms with van der Waals surface area (Å²) < 4.78 is 8.05. The monoisotopic (exact) mass is 1240 g/mol. The van der Waals surface area contributed by atoms with Crippen molar-refractivity contribution in [2.75, 3.05) is 24.5 Å². The van der Waals surface area contributed by atoms with Crippen molar-refractivity contribution < 1.29 is 4.74 Å². The summed E-state index contributed by atoms with van der Waals surface area (Å²) in [5, 5.41) is 0. The summed E-state index contributed by atoms with van der Waals surface area (Å²) in [6, 6.07) is 122. The summed E-state index contributed by atoms with van der Waals surface area (Å²) >= 11 is 0. The maximum atomic E-state index is 8.05. The van der Waals surface area contributed by atoms with E-state index in [1.807, 2.05) is 0 Å². The fraction of sp³-hybridized carbons (Fsp3) is 0.0562. The molecular formula is C89H63B2N5O. The molecule has 6 nitrogen and oxygen atoms in total. The van der Waals surface area contributed by atoms with Crippen LogP contribution in [0.15, 0.2) is 328 Å². The van der Waals surface area contributed by atoms with Gasteiger partial charge in [-0.15, -0.1) is 0 Å². The molecule has 0 saturated heterocycles. The highest BCUT2D eigenvalue weighted by Gasteiger charge is 2.55. The summed E-state index contributed by atoms with van der Waals surface area (Å²) in [6.45, 7) is 6.68. The van der Waals surface area contributed by atoms with Gasteiger partial charge in [0.2, 0.25) is 0 Å². The minimum atomic E-state index is -0.845. The van der Waals surface area contributed by atoms with Crippen LogP contribution in [0.5, 0.6) is 11.5 Å². The summed E-state index contributed by atoms with van der Waals surface area (Å²) in [7, 11) is 0. The first-order valence-corrected chi connectivity index (χ1v) is 33.9. The first kappa shape index (κ1) is 55.5. The molecule has 0 saturated carbocycles. The van der Waals surface area contributed by atoms with Crippen molar-refractivity contribution in [3.05, 3.63) is 355 Å². The van der Waals surface area contributed by atoms with Crippen LogP contribution in [-0.2, 0) is 10.8 Å². The van der Waals surface area contributed by atoms with Crippen LogP contribution in [0.3, 0.4) is 0 Å². The summed E-state index contributed by atoms with van der Waals surface area (Å²) in [5.41, 5.74) is 31.6. The molecule has 14 aromatic carbocycles. The summed E-state index contributed by atoms with van der Waals surface area (Å²) in [5.74, 6) is 1.66. The van der Waals surface area contributed by atoms with Crippen molar-refractivity contribution in [3.63, 3.8) is 0 Å². The van der Waals surface area contributed by atoms with Crippen LogP contribution in [-0.4, -0.2) is 13.4 Å². The highest BCUT2D eigenvalue weighted by atomic mass is 16.5. The Hall–Kier alpha value is -12.0. The van der Waals surface area contributed by atoms with Crippen molar-refractivity contribution in [2.24, 2.45) is 0 Å². The molecule has 97 heavy (non-hydrogen) atoms. The van der Waals surface area contributed by atoms with Gasteiger partial charge in [-0.2, -0.15) is 0 Å². The number of hydrogen-bond acceptors (Lipinski definition) is 6. The average Bonchev–Trinajstić information content (AvgIpc) is 1.40. The Morgan fingerprint density at radius 2 is 0.619 bits per heavy atom. The molecule has 0 fully saturated rings. The molecule has 6 aliphatic rings. The molecule has 0 atom stereocenters. The molecule has 8 heteroatoms. The molecule has 5 heterocycles. The molecule has 0 amide bonds. The summed E-state index contributed by atoms with van der Waals surface area (Å²) in [6.07, 6.45) is 0. The third-order valence-corrected chi connectivity index (χ3v) is 21.3. The minimum Gasteiger partial charge on any atom is -0.457 e. The molecule has 20 rings (SSSR count). The molecule has 0 N–H and O–H groups in total. The topological polar surface area (TPSA) is 25.4 Å². The molecule has 5 aliphatic heterocycles. The number of benzene rings is 14. The second kappa shape index (κ2) is 21.0. The molecule has 1 spiro atoms. The molecule has 1 aliphatic carbocycles. The largest absolute Gasteiger partial charge is 0.457 e. The zero-order valence-electron chi connectivity index (χ0n) is 54.0. The number of anilines is 15. The highest BCUT2D eigenvalue weighted by Crippen LogP contribution is 2.64. The Morgan fingerprint density at radius 1 is 0.289 bits per heavy atom. The van der Waals surface area contributed by atoms with Crippen molar-refractivity contribution in [1.82, 2.24) is 0 Å². The zero-order valence-corrected chi connectivity index (χ0v) is 54.0. The Kier molecular flexibility index (Phi) is 12.0. The van der Waals surface area contributed by atoms with Crippen molar-refractivity contribution in [2.45, 2.75) is 31.6 Å². The number of rotatable bonds is 7. The predicted octanol–water partition coefficient (Wildman–Crippen LogP) is 19.1. The van der Waals surface area contributed by atoms with Crippen LogP contribution in [0.4, 0.5) is 85.3 Å². The SMILES string of the molecule is CC(C)(C)c1cc2c3c(c1)N(c1ccccc1)c1cc4c(cc1B3c1ccccc1N2c1ccccc1)C1(c2cc3c(cc2O4)N(c2ccccc2)c2cc(N(c4ccccc4)c4ccccc4)cc4c2B3c2ccccc2N4c2ccccc2)c2ccccc2-c2ccccc21. The Labute approximate surface area is 567 Å². The van der Waals surface area contributed by atoms with Gasteiger partial charge in [-0.1, -0.05) is 227 Å². The molecule has 0 bridgehead atoms. The maximum absolute atomic E-state index is 8.05. The van der Waals surface area contributed by atoms with E-state index in [-0.39, 0.29) is 18.8 Å². The lowest BCUT2D eigenvalue weighted by Gasteiger charge is -2.47. The van der Waals surface area contributed by atoms with Crippen molar-refractivity contribution >= 4 is 132 Å². The smallest absolute Gasteiger partial charge is 0.252 e. The van der Waals surface area contributed by atoms with Gasteiger partial charge in [-0.25, -0.2) is 0 Å². The molecule has 456 valence electrons. The van der Waals surface area contributed by atoms with Gasteiger partial charge in [0.1, 0.15) is 11.5 Å². The van der Waals surface area contributed by atoms with E-state index >= 15 is 0 Å². The standard InChI is InChI=1S/C89H63B2N5O/c1-88(2,3)58-50-80-86-81(51-58)95(63-38-18-8-19-39-63)78-56-84-70(54-74(78)90(86)72-46-26-28-48-76(72)93(80)61-34-14-6-15-35-61)89(68-44-24-22-42-66(68)67-43-23-25-45-69(67)89)71-55-75-79(57-85(71)97-84)96(64-40-20-9-21-41-64)83-53-65(92(59-30-10-4-11-31-59)60-32-12-5-13-33-60)52-82-87(83)91(75)73-47-27-29-49-77(73)94(82)62-36-16-7-17-37-62/h4-57H,1-3H3. The summed E-state index contributed by atoms with van der Waals surface area (Å²) in [4.78, 5) is 12.5. The first-order chi connectivity index (χ1) is 47.8. The average molecular weight is 1240 g/mol. The van der Waals surface area contributed by atoms with Crippen molar-refractivity contribution in [1.29, 1.82) is 0 Å². The van der Waals surface area contributed by atoms with Crippen LogP contribution in [0, 0.1) is 0 Å². The van der Waals surface area contributed by atoms with Crippen LogP contribution >= 0.6 is 0 Å². The molecular weight excluding hydrogens is 1180 g/mol. The van der Waals surface area contributed by atoms with E-state index in [4.69, 9.17) is 4.74 Å². The van der Waals surface area contributed by atoms with E-state index in [9.17, 15) is 0 Å². The van der Waals surface area contributed by atoms with Gasteiger partial charge in [0.25, 0.3) is 13.4 Å². The second-order valence-electron chi connectivity index (χ2n) is 27.5. The number of hydrogen-bond donors (Lipinski definition) is 0. The Bertz CT molecular complexity index is 5450. The van der Waals surface area contributed by atoms with E-state index in [0.717, 1.165) is 90.9 Å². The van der Waals surface area contributed by atoms with E-state index in [2.05, 4.69) is 373 Å². The lowest BCUT2D eigenvalue weighted by atomic mass is 9.33. The lowest BCUT2D eigenvalue weighted by Crippen LogP contribution is -2.62. The van der Waals surface area contributed by atoms with Crippen LogP contribution in [0.1, 0.15) is 48.6 Å². The molecule has 0 radical (unpaired) electrons. The Balaban J connectivity index is 0.897. The zero-order chi connectivity index (χ0) is 64.3. The van der Waals surface area contributed by atoms with Gasteiger partial charge < -0.3 is 29.2 Å². The maximum Gasteiger partial charge on any atom is 0.252 e. The molecule has 14 aromatic rings. The van der Waals surface area contributed by atoms with Crippen LogP contribution in [0.2, 0.25) is 0 Å². The predicted molar refractivity (Wildman–Crippen MR) is 405 cm³/mol. The molecule has 0 aromatic heterocycles. The number of fused-ring (bicyclic) bond motifs is 17. The third kappa shape index (κ3) is 7.98. The quantitative estimate of drug-likeness (QED) is 0.148. The van der Waals surface area contributed by atoms with Gasteiger partial charge in [0.15, 0.2) is 0 Å². The number of nitrogens with zero attached hydrogens (tertiary/aromatic N) is 5. The van der Waals surface area contributed by atoms with Gasteiger partial charge in [0.05, 0.1) is 11.1 Å². The lowest BCUT2D eigenvalue weighted by molar-refractivity contribution is 0.437. The number of para-hydroxylation sites is 8. The van der Waals surface area contributed by atoms with E-state index < -0.39 is 5.41 Å². The minimum absolute atomic E-state index is 0.144. The first-order valence-electron chi connectivity index (χ1n) is 33.9.